The molecule has 0 unspecified atom stereocenters. The van der Waals surface area contributed by atoms with Gasteiger partial charge in [-0.15, -0.1) is 5.10 Å². The van der Waals surface area contributed by atoms with E-state index in [4.69, 9.17) is 0 Å². The van der Waals surface area contributed by atoms with E-state index in [9.17, 15) is 4.79 Å². The Morgan fingerprint density at radius 2 is 1.89 bits per heavy atom. The highest BCUT2D eigenvalue weighted by atomic mass is 16.1. The Kier molecular flexibility index (Phi) is 3.52. The molecule has 2 rings (SSSR count). The van der Waals surface area contributed by atoms with Crippen molar-refractivity contribution in [2.75, 3.05) is 24.3 Å². The summed E-state index contributed by atoms with van der Waals surface area (Å²) in [4.78, 5) is 13.8. The maximum atomic E-state index is 11.8. The van der Waals surface area contributed by atoms with Gasteiger partial charge in [0.25, 0.3) is 5.91 Å². The third kappa shape index (κ3) is 2.82. The number of rotatable bonds is 3. The molecular weight excluding hydrogens is 228 g/mol. The molecule has 0 saturated carbocycles. The van der Waals surface area contributed by atoms with Crippen LogP contribution in [0, 0.1) is 0 Å². The van der Waals surface area contributed by atoms with Crippen molar-refractivity contribution in [1.29, 1.82) is 0 Å². The topological polar surface area (TPSA) is 58.1 Å². The zero-order chi connectivity index (χ0) is 13.0. The van der Waals surface area contributed by atoms with Gasteiger partial charge in [0, 0.05) is 31.7 Å². The van der Waals surface area contributed by atoms with Gasteiger partial charge in [-0.25, -0.2) is 0 Å². The lowest BCUT2D eigenvalue weighted by molar-refractivity contribution is 0.102. The van der Waals surface area contributed by atoms with E-state index in [-0.39, 0.29) is 5.91 Å². The highest BCUT2D eigenvalue weighted by molar-refractivity contribution is 6.02. The van der Waals surface area contributed by atoms with Gasteiger partial charge in [-0.2, -0.15) is 5.10 Å². The minimum atomic E-state index is -0.263. The Hall–Kier alpha value is -2.43. The number of hydrogen-bond acceptors (Lipinski definition) is 4. The molecule has 0 fully saturated rings. The predicted octanol–water partition coefficient (Wildman–Crippen LogP) is 1.79. The number of amides is 1. The van der Waals surface area contributed by atoms with E-state index >= 15 is 0 Å². The van der Waals surface area contributed by atoms with Gasteiger partial charge >= 0.3 is 0 Å². The zero-order valence-electron chi connectivity index (χ0n) is 10.3. The third-order valence-corrected chi connectivity index (χ3v) is 2.45. The molecule has 0 bridgehead atoms. The summed E-state index contributed by atoms with van der Waals surface area (Å²) in [5.74, 6) is -0.263. The smallest absolute Gasteiger partial charge is 0.276 e. The minimum Gasteiger partial charge on any atom is -0.378 e. The Balaban J connectivity index is 2.08. The van der Waals surface area contributed by atoms with E-state index in [1.165, 1.54) is 6.20 Å². The van der Waals surface area contributed by atoms with Gasteiger partial charge in [-0.05, 0) is 36.4 Å². The maximum absolute atomic E-state index is 11.8. The van der Waals surface area contributed by atoms with Crippen LogP contribution in [0.25, 0.3) is 0 Å². The molecular formula is C13H14N4O. The van der Waals surface area contributed by atoms with E-state index in [2.05, 4.69) is 15.5 Å². The van der Waals surface area contributed by atoms with E-state index in [0.29, 0.717) is 5.69 Å². The largest absolute Gasteiger partial charge is 0.378 e. The van der Waals surface area contributed by atoms with Gasteiger partial charge in [0.05, 0.1) is 0 Å². The molecule has 1 N–H and O–H groups in total. The fourth-order valence-electron chi connectivity index (χ4n) is 1.46. The number of hydrogen-bond donors (Lipinski definition) is 1. The molecule has 0 aliphatic carbocycles. The Bertz CT molecular complexity index is 522. The van der Waals surface area contributed by atoms with Gasteiger partial charge in [0.15, 0.2) is 5.69 Å². The summed E-state index contributed by atoms with van der Waals surface area (Å²) in [6.45, 7) is 0. The van der Waals surface area contributed by atoms with Crippen molar-refractivity contribution in [2.45, 2.75) is 0 Å². The van der Waals surface area contributed by atoms with Crippen LogP contribution in [-0.2, 0) is 0 Å². The van der Waals surface area contributed by atoms with E-state index in [1.807, 2.05) is 43.3 Å². The first-order chi connectivity index (χ1) is 8.66. The van der Waals surface area contributed by atoms with E-state index in [1.54, 1.807) is 12.1 Å². The van der Waals surface area contributed by atoms with E-state index < -0.39 is 0 Å². The molecule has 1 amide bonds. The average Bonchev–Trinajstić information content (AvgIpc) is 2.40. The molecule has 0 spiro atoms. The van der Waals surface area contributed by atoms with Crippen LogP contribution in [-0.4, -0.2) is 30.2 Å². The van der Waals surface area contributed by atoms with Crippen molar-refractivity contribution in [1.82, 2.24) is 10.2 Å². The van der Waals surface area contributed by atoms with Gasteiger partial charge in [-0.1, -0.05) is 0 Å². The molecule has 2 aromatic rings. The van der Waals surface area contributed by atoms with E-state index in [0.717, 1.165) is 11.4 Å². The molecule has 1 aromatic heterocycles. The van der Waals surface area contributed by atoms with Crippen molar-refractivity contribution in [3.63, 3.8) is 0 Å². The summed E-state index contributed by atoms with van der Waals surface area (Å²) < 4.78 is 0. The van der Waals surface area contributed by atoms with Crippen LogP contribution in [0.15, 0.2) is 42.6 Å². The fourth-order valence-corrected chi connectivity index (χ4v) is 1.46. The molecule has 5 nitrogen and oxygen atoms in total. The third-order valence-electron chi connectivity index (χ3n) is 2.45. The first-order valence-corrected chi connectivity index (χ1v) is 5.53. The summed E-state index contributed by atoms with van der Waals surface area (Å²) >= 11 is 0. The van der Waals surface area contributed by atoms with Crippen LogP contribution in [0.3, 0.4) is 0 Å². The molecule has 18 heavy (non-hydrogen) atoms. The van der Waals surface area contributed by atoms with Crippen LogP contribution in [0.4, 0.5) is 11.4 Å². The lowest BCUT2D eigenvalue weighted by atomic mass is 10.2. The Morgan fingerprint density at radius 1 is 1.17 bits per heavy atom. The Labute approximate surface area is 105 Å². The molecule has 0 aliphatic rings. The zero-order valence-corrected chi connectivity index (χ0v) is 10.3. The second-order valence-corrected chi connectivity index (χ2v) is 4.00. The van der Waals surface area contributed by atoms with Crippen LogP contribution < -0.4 is 10.2 Å². The average molecular weight is 242 g/mol. The summed E-state index contributed by atoms with van der Waals surface area (Å²) in [5.41, 5.74) is 2.11. The normalized spacial score (nSPS) is 9.89. The second kappa shape index (κ2) is 5.27. The van der Waals surface area contributed by atoms with Crippen molar-refractivity contribution in [3.8, 4) is 0 Å². The highest BCUT2D eigenvalue weighted by Gasteiger charge is 2.07. The van der Waals surface area contributed by atoms with Gasteiger partial charge in [0.2, 0.25) is 0 Å². The molecule has 1 aromatic carbocycles. The van der Waals surface area contributed by atoms with Crippen LogP contribution in [0.2, 0.25) is 0 Å². The van der Waals surface area contributed by atoms with Crippen molar-refractivity contribution in [3.05, 3.63) is 48.3 Å². The molecule has 0 radical (unpaired) electrons. The van der Waals surface area contributed by atoms with Crippen molar-refractivity contribution in [2.24, 2.45) is 0 Å². The van der Waals surface area contributed by atoms with Crippen molar-refractivity contribution < 1.29 is 4.79 Å². The van der Waals surface area contributed by atoms with Crippen molar-refractivity contribution >= 4 is 17.3 Å². The maximum Gasteiger partial charge on any atom is 0.276 e. The monoisotopic (exact) mass is 242 g/mol. The number of anilines is 2. The first-order valence-electron chi connectivity index (χ1n) is 5.53. The van der Waals surface area contributed by atoms with Crippen LogP contribution >= 0.6 is 0 Å². The SMILES string of the molecule is CN(C)c1ccc(NC(=O)c2cccnn2)cc1. The number of carbonyl (C=O) groups excluding carboxylic acids is 1. The molecule has 0 aliphatic heterocycles. The number of nitrogens with zero attached hydrogens (tertiary/aromatic N) is 3. The summed E-state index contributed by atoms with van der Waals surface area (Å²) in [6.07, 6.45) is 1.53. The molecule has 0 atom stereocenters. The van der Waals surface area contributed by atoms with Gasteiger partial charge < -0.3 is 10.2 Å². The fraction of sp³-hybridized carbons (Fsp3) is 0.154. The Morgan fingerprint density at radius 3 is 2.44 bits per heavy atom. The number of nitrogens with one attached hydrogen (secondary N) is 1. The summed E-state index contributed by atoms with van der Waals surface area (Å²) in [5, 5.41) is 10.2. The highest BCUT2D eigenvalue weighted by Crippen LogP contribution is 2.15. The molecule has 0 saturated heterocycles. The minimum absolute atomic E-state index is 0.263. The molecule has 1 heterocycles. The number of aromatic nitrogens is 2. The van der Waals surface area contributed by atoms with Gasteiger partial charge in [0.1, 0.15) is 0 Å². The van der Waals surface area contributed by atoms with Crippen LogP contribution in [0.1, 0.15) is 10.5 Å². The number of carbonyl (C=O) groups is 1. The quantitative estimate of drug-likeness (QED) is 0.891. The predicted molar refractivity (Wildman–Crippen MR) is 70.8 cm³/mol. The van der Waals surface area contributed by atoms with Gasteiger partial charge in [-0.3, -0.25) is 4.79 Å². The molecule has 92 valence electrons. The standard InChI is InChI=1S/C13H14N4O/c1-17(2)11-7-5-10(6-8-11)15-13(18)12-4-3-9-14-16-12/h3-9H,1-2H3,(H,15,18). The molecule has 5 heteroatoms. The summed E-state index contributed by atoms with van der Waals surface area (Å²) in [6, 6.07) is 10.9. The summed E-state index contributed by atoms with van der Waals surface area (Å²) in [7, 11) is 3.93. The first kappa shape index (κ1) is 12.0. The lowest BCUT2D eigenvalue weighted by Crippen LogP contribution is -2.14. The van der Waals surface area contributed by atoms with Crippen LogP contribution in [0.5, 0.6) is 0 Å². The lowest BCUT2D eigenvalue weighted by Gasteiger charge is -2.12. The number of benzene rings is 1. The second-order valence-electron chi connectivity index (χ2n) is 4.00.